The lowest BCUT2D eigenvalue weighted by Gasteiger charge is -2.13. The lowest BCUT2D eigenvalue weighted by Crippen LogP contribution is -2.02. The zero-order valence-corrected chi connectivity index (χ0v) is 10.2. The number of aryl methyl sites for hydroxylation is 2. The van der Waals surface area contributed by atoms with Crippen LogP contribution >= 0.6 is 0 Å². The molecule has 19 heavy (non-hydrogen) atoms. The molecule has 1 aliphatic rings. The van der Waals surface area contributed by atoms with Gasteiger partial charge in [-0.1, -0.05) is 12.1 Å². The Kier molecular flexibility index (Phi) is 2.79. The minimum absolute atomic E-state index is 0.299. The second-order valence-electron chi connectivity index (χ2n) is 4.75. The lowest BCUT2D eigenvalue weighted by atomic mass is 9.89. The number of benzene rings is 2. The van der Waals surface area contributed by atoms with Crippen molar-refractivity contribution in [2.75, 3.05) is 0 Å². The quantitative estimate of drug-likeness (QED) is 0.703. The van der Waals surface area contributed by atoms with E-state index in [-0.39, 0.29) is 11.6 Å². The molecule has 0 spiro atoms. The van der Waals surface area contributed by atoms with E-state index in [9.17, 15) is 14.0 Å². The van der Waals surface area contributed by atoms with Crippen molar-refractivity contribution in [2.24, 2.45) is 0 Å². The highest BCUT2D eigenvalue weighted by atomic mass is 19.1. The molecule has 0 saturated carbocycles. The Morgan fingerprint density at radius 1 is 0.895 bits per heavy atom. The summed E-state index contributed by atoms with van der Waals surface area (Å²) in [7, 11) is 0. The van der Waals surface area contributed by atoms with Crippen LogP contribution in [-0.2, 0) is 12.8 Å². The molecule has 2 aromatic carbocycles. The molecule has 0 amide bonds. The molecule has 0 saturated heterocycles. The minimum Gasteiger partial charge on any atom is -0.207 e. The first-order valence-corrected chi connectivity index (χ1v) is 6.15. The van der Waals surface area contributed by atoms with Gasteiger partial charge in [0, 0.05) is 0 Å². The number of halogens is 2. The second-order valence-corrected chi connectivity index (χ2v) is 4.75. The first-order chi connectivity index (χ1) is 9.19. The molecule has 0 heterocycles. The van der Waals surface area contributed by atoms with Crippen LogP contribution < -0.4 is 0 Å². The van der Waals surface area contributed by atoms with Crippen molar-refractivity contribution < 1.29 is 8.78 Å². The third kappa shape index (κ3) is 2.00. The lowest BCUT2D eigenvalue weighted by molar-refractivity contribution is 0.623. The molecule has 0 radical (unpaired) electrons. The molecule has 1 nitrogen and oxygen atoms in total. The maximum Gasteiger partial charge on any atom is 0.123 e. The van der Waals surface area contributed by atoms with Gasteiger partial charge in [0.15, 0.2) is 0 Å². The van der Waals surface area contributed by atoms with Crippen LogP contribution in [0.1, 0.15) is 28.2 Å². The maximum atomic E-state index is 13.3. The summed E-state index contributed by atoms with van der Waals surface area (Å²) in [4.78, 5) is 0. The van der Waals surface area contributed by atoms with E-state index in [1.54, 1.807) is 12.1 Å². The molecule has 0 aliphatic heterocycles. The molecule has 3 rings (SSSR count). The second kappa shape index (κ2) is 4.47. The molecule has 0 unspecified atom stereocenters. The standard InChI is InChI=1S/C16H11F2N/c17-12-3-5-14-10(7-12)1-2-11-8-13(18)4-6-15(11)16(14)9-19/h3-8,16H,1-2H2. The van der Waals surface area contributed by atoms with Gasteiger partial charge in [0.25, 0.3) is 0 Å². The maximum absolute atomic E-state index is 13.3. The number of hydrogen-bond acceptors (Lipinski definition) is 1. The van der Waals surface area contributed by atoms with Crippen molar-refractivity contribution in [3.63, 3.8) is 0 Å². The highest BCUT2D eigenvalue weighted by Gasteiger charge is 2.23. The van der Waals surface area contributed by atoms with Gasteiger partial charge in [-0.25, -0.2) is 8.78 Å². The van der Waals surface area contributed by atoms with Gasteiger partial charge >= 0.3 is 0 Å². The van der Waals surface area contributed by atoms with Gasteiger partial charge in [-0.15, -0.1) is 0 Å². The molecular weight excluding hydrogens is 244 g/mol. The topological polar surface area (TPSA) is 23.8 Å². The van der Waals surface area contributed by atoms with Gasteiger partial charge in [-0.05, 0) is 59.4 Å². The Balaban J connectivity index is 2.21. The Hall–Kier alpha value is -2.21. The van der Waals surface area contributed by atoms with E-state index in [1.807, 2.05) is 0 Å². The molecular formula is C16H11F2N. The fraction of sp³-hybridized carbons (Fsp3) is 0.188. The van der Waals surface area contributed by atoms with Crippen LogP contribution in [0.15, 0.2) is 36.4 Å². The third-order valence-electron chi connectivity index (χ3n) is 3.62. The molecule has 1 aliphatic carbocycles. The van der Waals surface area contributed by atoms with Crippen LogP contribution in [0, 0.1) is 23.0 Å². The van der Waals surface area contributed by atoms with E-state index in [4.69, 9.17) is 0 Å². The summed E-state index contributed by atoms with van der Waals surface area (Å²) in [6.07, 6.45) is 1.25. The van der Waals surface area contributed by atoms with E-state index < -0.39 is 5.92 Å². The van der Waals surface area contributed by atoms with Gasteiger partial charge in [0.2, 0.25) is 0 Å². The van der Waals surface area contributed by atoms with Crippen LogP contribution in [0.3, 0.4) is 0 Å². The van der Waals surface area contributed by atoms with Crippen molar-refractivity contribution in [1.29, 1.82) is 5.26 Å². The monoisotopic (exact) mass is 255 g/mol. The van der Waals surface area contributed by atoms with Gasteiger partial charge in [-0.2, -0.15) is 5.26 Å². The van der Waals surface area contributed by atoms with E-state index in [2.05, 4.69) is 6.07 Å². The van der Waals surface area contributed by atoms with E-state index >= 15 is 0 Å². The van der Waals surface area contributed by atoms with Crippen LogP contribution in [0.4, 0.5) is 8.78 Å². The van der Waals surface area contributed by atoms with Gasteiger partial charge in [0.1, 0.15) is 11.6 Å². The van der Waals surface area contributed by atoms with E-state index in [0.717, 1.165) is 22.3 Å². The summed E-state index contributed by atoms with van der Waals surface area (Å²) < 4.78 is 26.6. The fourth-order valence-corrected chi connectivity index (χ4v) is 2.72. The summed E-state index contributed by atoms with van der Waals surface area (Å²) in [6, 6.07) is 11.3. The highest BCUT2D eigenvalue weighted by molar-refractivity contribution is 5.48. The highest BCUT2D eigenvalue weighted by Crippen LogP contribution is 2.34. The van der Waals surface area contributed by atoms with Crippen LogP contribution in [-0.4, -0.2) is 0 Å². The Bertz CT molecular complexity index is 632. The molecule has 0 atom stereocenters. The summed E-state index contributed by atoms with van der Waals surface area (Å²) in [5.41, 5.74) is 3.33. The van der Waals surface area contributed by atoms with E-state index in [0.29, 0.717) is 12.8 Å². The van der Waals surface area contributed by atoms with Gasteiger partial charge in [-0.3, -0.25) is 0 Å². The predicted octanol–water partition coefficient (Wildman–Crippen LogP) is 3.72. The SMILES string of the molecule is N#CC1c2ccc(F)cc2CCc2cc(F)ccc21. The zero-order chi connectivity index (χ0) is 13.4. The summed E-state index contributed by atoms with van der Waals surface area (Å²) in [5, 5.41) is 9.41. The Labute approximate surface area is 110 Å². The third-order valence-corrected chi connectivity index (χ3v) is 3.62. The largest absolute Gasteiger partial charge is 0.207 e. The van der Waals surface area contributed by atoms with Gasteiger partial charge in [0.05, 0.1) is 12.0 Å². The van der Waals surface area contributed by atoms with Crippen molar-refractivity contribution in [2.45, 2.75) is 18.8 Å². The molecule has 3 heteroatoms. The van der Waals surface area contributed by atoms with Gasteiger partial charge < -0.3 is 0 Å². The molecule has 0 N–H and O–H groups in total. The molecule has 0 fully saturated rings. The van der Waals surface area contributed by atoms with Crippen LogP contribution in [0.25, 0.3) is 0 Å². The molecule has 0 bridgehead atoms. The average molecular weight is 255 g/mol. The zero-order valence-electron chi connectivity index (χ0n) is 10.2. The first-order valence-electron chi connectivity index (χ1n) is 6.15. The summed E-state index contributed by atoms with van der Waals surface area (Å²) in [5.74, 6) is -1.05. The summed E-state index contributed by atoms with van der Waals surface area (Å²) >= 11 is 0. The smallest absolute Gasteiger partial charge is 0.123 e. The van der Waals surface area contributed by atoms with Crippen LogP contribution in [0.2, 0.25) is 0 Å². The molecule has 94 valence electrons. The van der Waals surface area contributed by atoms with Crippen molar-refractivity contribution in [1.82, 2.24) is 0 Å². The Morgan fingerprint density at radius 3 is 1.79 bits per heavy atom. The normalized spacial score (nSPS) is 14.2. The predicted molar refractivity (Wildman–Crippen MR) is 67.7 cm³/mol. The fourth-order valence-electron chi connectivity index (χ4n) is 2.72. The number of hydrogen-bond donors (Lipinski definition) is 0. The number of fused-ring (bicyclic) bond motifs is 2. The number of nitriles is 1. The number of nitrogens with zero attached hydrogens (tertiary/aromatic N) is 1. The van der Waals surface area contributed by atoms with Crippen molar-refractivity contribution >= 4 is 0 Å². The summed E-state index contributed by atoms with van der Waals surface area (Å²) in [6.45, 7) is 0. The molecule has 2 aromatic rings. The first kappa shape index (κ1) is 11.9. The average Bonchev–Trinajstić information content (AvgIpc) is 2.54. The number of rotatable bonds is 0. The molecule has 0 aromatic heterocycles. The van der Waals surface area contributed by atoms with Crippen molar-refractivity contribution in [3.8, 4) is 6.07 Å². The van der Waals surface area contributed by atoms with Crippen LogP contribution in [0.5, 0.6) is 0 Å². The van der Waals surface area contributed by atoms with E-state index in [1.165, 1.54) is 24.3 Å². The van der Waals surface area contributed by atoms with Crippen molar-refractivity contribution in [3.05, 3.63) is 70.3 Å². The minimum atomic E-state index is -0.450. The Morgan fingerprint density at radius 2 is 1.37 bits per heavy atom.